The number of benzene rings is 1. The van der Waals surface area contributed by atoms with Crippen LogP contribution in [0.1, 0.15) is 10.4 Å². The van der Waals surface area contributed by atoms with Crippen molar-refractivity contribution in [2.75, 3.05) is 31.4 Å². The van der Waals surface area contributed by atoms with Crippen molar-refractivity contribution in [2.24, 2.45) is 0 Å². The highest BCUT2D eigenvalue weighted by Crippen LogP contribution is 2.30. The molecule has 0 saturated heterocycles. The van der Waals surface area contributed by atoms with Crippen LogP contribution in [0, 0.1) is 0 Å². The van der Waals surface area contributed by atoms with E-state index < -0.39 is 11.5 Å². The summed E-state index contributed by atoms with van der Waals surface area (Å²) in [5.41, 5.74) is -3.34. The van der Waals surface area contributed by atoms with Crippen LogP contribution in [0.25, 0.3) is 0 Å². The van der Waals surface area contributed by atoms with Crippen molar-refractivity contribution in [3.63, 3.8) is 0 Å². The van der Waals surface area contributed by atoms with Crippen LogP contribution in [0.15, 0.2) is 24.3 Å². The molecule has 1 aromatic rings. The van der Waals surface area contributed by atoms with Gasteiger partial charge in [-0.2, -0.15) is 13.2 Å². The number of halogens is 3. The molecule has 0 aliphatic carbocycles. The van der Waals surface area contributed by atoms with E-state index in [2.05, 4.69) is 4.74 Å². The molecular weight excluding hydrogens is 279 g/mol. The molecule has 3 nitrogen and oxygen atoms in total. The van der Waals surface area contributed by atoms with Gasteiger partial charge in [-0.05, 0) is 23.9 Å². The zero-order valence-corrected chi connectivity index (χ0v) is 11.3. The fourth-order valence-corrected chi connectivity index (χ4v) is 2.10. The maximum Gasteiger partial charge on any atom is 0.441 e. The van der Waals surface area contributed by atoms with Gasteiger partial charge in [-0.25, -0.2) is 4.79 Å². The first-order chi connectivity index (χ1) is 8.85. The standard InChI is InChI=1S/C12H14F3NO2S/c1-16(7-8-19-12(13,14)15)10-6-4-3-5-9(10)11(17)18-2/h3-6H,7-8H2,1-2H3. The summed E-state index contributed by atoms with van der Waals surface area (Å²) >= 11 is -0.0813. The van der Waals surface area contributed by atoms with Gasteiger partial charge in [0.25, 0.3) is 0 Å². The largest absolute Gasteiger partial charge is 0.465 e. The third-order valence-electron chi connectivity index (χ3n) is 2.41. The van der Waals surface area contributed by atoms with Gasteiger partial charge in [0, 0.05) is 19.3 Å². The summed E-state index contributed by atoms with van der Waals surface area (Å²) in [4.78, 5) is 13.1. The van der Waals surface area contributed by atoms with E-state index in [0.717, 1.165) is 0 Å². The van der Waals surface area contributed by atoms with Crippen molar-refractivity contribution in [2.45, 2.75) is 5.51 Å². The molecule has 0 atom stereocenters. The first-order valence-corrected chi connectivity index (χ1v) is 6.43. The number of para-hydroxylation sites is 1. The predicted molar refractivity (Wildman–Crippen MR) is 69.6 cm³/mol. The van der Waals surface area contributed by atoms with Gasteiger partial charge < -0.3 is 9.64 Å². The van der Waals surface area contributed by atoms with E-state index in [9.17, 15) is 18.0 Å². The van der Waals surface area contributed by atoms with Gasteiger partial charge in [-0.1, -0.05) is 12.1 Å². The van der Waals surface area contributed by atoms with Crippen LogP contribution in [0.5, 0.6) is 0 Å². The maximum atomic E-state index is 12.0. The molecule has 1 rings (SSSR count). The lowest BCUT2D eigenvalue weighted by Gasteiger charge is -2.21. The Labute approximate surface area is 113 Å². The maximum absolute atomic E-state index is 12.0. The lowest BCUT2D eigenvalue weighted by atomic mass is 10.1. The molecule has 0 aliphatic rings. The van der Waals surface area contributed by atoms with E-state index in [4.69, 9.17) is 0 Å². The van der Waals surface area contributed by atoms with Crippen LogP contribution in [0.4, 0.5) is 18.9 Å². The van der Waals surface area contributed by atoms with E-state index in [-0.39, 0.29) is 24.1 Å². The molecule has 0 N–H and O–H groups in total. The summed E-state index contributed by atoms with van der Waals surface area (Å²) in [5.74, 6) is -0.610. The summed E-state index contributed by atoms with van der Waals surface area (Å²) in [6.45, 7) is 0.179. The Morgan fingerprint density at radius 1 is 1.37 bits per heavy atom. The quantitative estimate of drug-likeness (QED) is 0.780. The molecule has 7 heteroatoms. The smallest absolute Gasteiger partial charge is 0.441 e. The number of carbonyl (C=O) groups is 1. The second kappa shape index (κ2) is 6.70. The third kappa shape index (κ3) is 5.02. The van der Waals surface area contributed by atoms with E-state index in [1.54, 1.807) is 36.2 Å². The molecule has 1 aromatic carbocycles. The molecule has 0 aliphatic heterocycles. The van der Waals surface area contributed by atoms with Crippen LogP contribution in [0.3, 0.4) is 0 Å². The summed E-state index contributed by atoms with van der Waals surface area (Å²) in [6, 6.07) is 6.64. The van der Waals surface area contributed by atoms with E-state index in [0.29, 0.717) is 11.3 Å². The van der Waals surface area contributed by atoms with Crippen molar-refractivity contribution < 1.29 is 22.7 Å². The van der Waals surface area contributed by atoms with Crippen LogP contribution in [-0.4, -0.2) is 37.9 Å². The summed E-state index contributed by atoms with van der Waals surface area (Å²) < 4.78 is 40.8. The Morgan fingerprint density at radius 2 is 2.00 bits per heavy atom. The highest BCUT2D eigenvalue weighted by atomic mass is 32.2. The second-order valence-corrected chi connectivity index (χ2v) is 4.88. The minimum atomic E-state index is -4.23. The van der Waals surface area contributed by atoms with Gasteiger partial charge in [-0.3, -0.25) is 0 Å². The zero-order valence-electron chi connectivity index (χ0n) is 10.5. The summed E-state index contributed by atoms with van der Waals surface area (Å²) in [7, 11) is 2.90. The third-order valence-corrected chi connectivity index (χ3v) is 3.13. The van der Waals surface area contributed by atoms with Crippen LogP contribution in [-0.2, 0) is 4.74 Å². The molecule has 0 heterocycles. The topological polar surface area (TPSA) is 29.5 Å². The van der Waals surface area contributed by atoms with Crippen LogP contribution in [0.2, 0.25) is 0 Å². The molecule has 0 amide bonds. The van der Waals surface area contributed by atoms with Gasteiger partial charge in [-0.15, -0.1) is 0 Å². The van der Waals surface area contributed by atoms with Gasteiger partial charge >= 0.3 is 11.5 Å². The highest BCUT2D eigenvalue weighted by Gasteiger charge is 2.27. The highest BCUT2D eigenvalue weighted by molar-refractivity contribution is 8.00. The van der Waals surface area contributed by atoms with Crippen molar-refractivity contribution in [1.82, 2.24) is 0 Å². The Balaban J connectivity index is 2.71. The Kier molecular flexibility index (Phi) is 5.53. The molecule has 0 unspecified atom stereocenters. The van der Waals surface area contributed by atoms with Crippen LogP contribution >= 0.6 is 11.8 Å². The van der Waals surface area contributed by atoms with Gasteiger partial charge in [0.05, 0.1) is 18.4 Å². The number of methoxy groups -OCH3 is 1. The summed E-state index contributed by atoms with van der Waals surface area (Å²) in [6.07, 6.45) is 0. The molecular formula is C12H14F3NO2S. The van der Waals surface area contributed by atoms with Crippen LogP contribution < -0.4 is 4.90 Å². The second-order valence-electron chi connectivity index (χ2n) is 3.72. The normalized spacial score (nSPS) is 11.2. The Bertz CT molecular complexity index is 437. The molecule has 0 radical (unpaired) electrons. The molecule has 0 bridgehead atoms. The van der Waals surface area contributed by atoms with E-state index in [1.807, 2.05) is 0 Å². The Morgan fingerprint density at radius 3 is 2.58 bits per heavy atom. The molecule has 0 aromatic heterocycles. The van der Waals surface area contributed by atoms with Gasteiger partial charge in [0.2, 0.25) is 0 Å². The lowest BCUT2D eigenvalue weighted by molar-refractivity contribution is -0.0327. The van der Waals surface area contributed by atoms with Gasteiger partial charge in [0.1, 0.15) is 0 Å². The van der Waals surface area contributed by atoms with Crippen molar-refractivity contribution in [3.05, 3.63) is 29.8 Å². The number of rotatable bonds is 5. The predicted octanol–water partition coefficient (Wildman–Crippen LogP) is 3.16. The number of esters is 1. The van der Waals surface area contributed by atoms with Crippen molar-refractivity contribution in [1.29, 1.82) is 0 Å². The molecule has 0 fully saturated rings. The molecule has 19 heavy (non-hydrogen) atoms. The number of hydrogen-bond acceptors (Lipinski definition) is 4. The Hall–Kier alpha value is -1.37. The molecule has 0 spiro atoms. The fraction of sp³-hybridized carbons (Fsp3) is 0.417. The minimum absolute atomic E-state index is 0.0813. The fourth-order valence-electron chi connectivity index (χ4n) is 1.51. The average molecular weight is 293 g/mol. The number of thioether (sulfide) groups is 1. The average Bonchev–Trinajstić information content (AvgIpc) is 2.36. The zero-order chi connectivity index (χ0) is 14.5. The monoisotopic (exact) mass is 293 g/mol. The SMILES string of the molecule is COC(=O)c1ccccc1N(C)CCSC(F)(F)F. The number of anilines is 1. The van der Waals surface area contributed by atoms with Crippen molar-refractivity contribution >= 4 is 23.4 Å². The number of alkyl halides is 3. The van der Waals surface area contributed by atoms with E-state index >= 15 is 0 Å². The number of hydrogen-bond donors (Lipinski definition) is 0. The first kappa shape index (κ1) is 15.7. The number of ether oxygens (including phenoxy) is 1. The number of carbonyl (C=O) groups excluding carboxylic acids is 1. The molecule has 106 valence electrons. The summed E-state index contributed by atoms with van der Waals surface area (Å²) in [5, 5.41) is 0. The minimum Gasteiger partial charge on any atom is -0.465 e. The first-order valence-electron chi connectivity index (χ1n) is 5.44. The van der Waals surface area contributed by atoms with E-state index in [1.165, 1.54) is 7.11 Å². The van der Waals surface area contributed by atoms with Gasteiger partial charge in [0.15, 0.2) is 0 Å². The number of nitrogens with zero attached hydrogens (tertiary/aromatic N) is 1. The lowest BCUT2D eigenvalue weighted by Crippen LogP contribution is -2.24. The molecule has 0 saturated carbocycles. The van der Waals surface area contributed by atoms with Crippen molar-refractivity contribution in [3.8, 4) is 0 Å².